The summed E-state index contributed by atoms with van der Waals surface area (Å²) in [7, 11) is 0. The van der Waals surface area contributed by atoms with E-state index in [1.165, 1.54) is 0 Å². The molecular weight excluding hydrogens is 279 g/mol. The van der Waals surface area contributed by atoms with Gasteiger partial charge in [0.1, 0.15) is 5.01 Å². The van der Waals surface area contributed by atoms with Crippen molar-refractivity contribution in [3.8, 4) is 0 Å². The molecule has 2 aromatic rings. The van der Waals surface area contributed by atoms with Crippen LogP contribution in [0.2, 0.25) is 0 Å². The lowest BCUT2D eigenvalue weighted by atomic mass is 9.83. The molecule has 0 aliphatic rings. The summed E-state index contributed by atoms with van der Waals surface area (Å²) in [5.41, 5.74) is 5.38. The second-order valence-corrected chi connectivity index (χ2v) is 5.27. The minimum Gasteiger partial charge on any atom is -0.329 e. The van der Waals surface area contributed by atoms with E-state index in [0.29, 0.717) is 24.4 Å². The molecule has 0 saturated carbocycles. The molecule has 0 aliphatic heterocycles. The van der Waals surface area contributed by atoms with Crippen molar-refractivity contribution in [2.45, 2.75) is 38.3 Å². The van der Waals surface area contributed by atoms with Gasteiger partial charge in [0.15, 0.2) is 0 Å². The summed E-state index contributed by atoms with van der Waals surface area (Å²) in [6, 6.07) is 0. The van der Waals surface area contributed by atoms with Crippen molar-refractivity contribution in [2.24, 2.45) is 5.73 Å². The van der Waals surface area contributed by atoms with Crippen LogP contribution >= 0.6 is 11.3 Å². The molecule has 2 heterocycles. The highest BCUT2D eigenvalue weighted by molar-refractivity contribution is 7.16. The molecule has 0 atom stereocenters. The van der Waals surface area contributed by atoms with Gasteiger partial charge in [-0.2, -0.15) is 22.8 Å². The van der Waals surface area contributed by atoms with Gasteiger partial charge in [-0.05, 0) is 12.8 Å². The topological polar surface area (TPSA) is 69.1 Å². The van der Waals surface area contributed by atoms with Crippen LogP contribution in [0.25, 0.3) is 4.96 Å². The second kappa shape index (κ2) is 4.71. The molecule has 0 aliphatic carbocycles. The number of hydrogen-bond donors (Lipinski definition) is 1. The standard InChI is InChI=1S/C10H14F3N5S/c1-3-9(4-2,5-14)7-17-18-6(10(11,12)13)15-16-8(18)19-7/h3-5,14H2,1-2H3. The SMILES string of the molecule is CCC(CC)(CN)c1nn2c(C(F)(F)F)nnc2s1. The highest BCUT2D eigenvalue weighted by atomic mass is 32.1. The fraction of sp³-hybridized carbons (Fsp3) is 0.700. The molecule has 2 rings (SSSR count). The number of rotatable bonds is 4. The van der Waals surface area contributed by atoms with Gasteiger partial charge >= 0.3 is 6.18 Å². The minimum absolute atomic E-state index is 0.141. The Hall–Kier alpha value is -1.22. The summed E-state index contributed by atoms with van der Waals surface area (Å²) >= 11 is 1.11. The molecule has 2 N–H and O–H groups in total. The molecule has 0 saturated heterocycles. The van der Waals surface area contributed by atoms with E-state index >= 15 is 0 Å². The largest absolute Gasteiger partial charge is 0.453 e. The average molecular weight is 293 g/mol. The van der Waals surface area contributed by atoms with Crippen molar-refractivity contribution in [1.82, 2.24) is 19.8 Å². The van der Waals surface area contributed by atoms with Crippen LogP contribution in [0, 0.1) is 0 Å². The first-order valence-corrected chi connectivity index (χ1v) is 6.69. The second-order valence-electron chi connectivity index (χ2n) is 4.31. The molecule has 0 amide bonds. The number of nitrogens with two attached hydrogens (primary N) is 1. The monoisotopic (exact) mass is 293 g/mol. The van der Waals surface area contributed by atoms with Crippen LogP contribution in [0.1, 0.15) is 37.5 Å². The quantitative estimate of drug-likeness (QED) is 0.938. The molecule has 0 fully saturated rings. The number of hydrogen-bond acceptors (Lipinski definition) is 5. The van der Waals surface area contributed by atoms with Crippen LogP contribution in [0.5, 0.6) is 0 Å². The molecule has 5 nitrogen and oxygen atoms in total. The van der Waals surface area contributed by atoms with Crippen LogP contribution in [0.15, 0.2) is 0 Å². The molecular formula is C10H14F3N5S. The van der Waals surface area contributed by atoms with Crippen LogP contribution < -0.4 is 5.73 Å². The normalized spacial score (nSPS) is 13.4. The van der Waals surface area contributed by atoms with E-state index in [-0.39, 0.29) is 4.96 Å². The highest BCUT2D eigenvalue weighted by Gasteiger charge is 2.39. The number of aromatic nitrogens is 4. The summed E-state index contributed by atoms with van der Waals surface area (Å²) in [6.07, 6.45) is -3.13. The van der Waals surface area contributed by atoms with Crippen LogP contribution in [0.3, 0.4) is 0 Å². The third-order valence-corrected chi connectivity index (χ3v) is 4.59. The Bertz CT molecular complexity index is 561. The van der Waals surface area contributed by atoms with Gasteiger partial charge in [0.2, 0.25) is 4.96 Å². The first-order chi connectivity index (χ1) is 8.88. The maximum atomic E-state index is 12.7. The summed E-state index contributed by atoms with van der Waals surface area (Å²) < 4.78 is 38.9. The predicted octanol–water partition coefficient (Wildman–Crippen LogP) is 2.22. The highest BCUT2D eigenvalue weighted by Crippen LogP contribution is 2.35. The molecule has 0 spiro atoms. The fourth-order valence-corrected chi connectivity index (χ4v) is 3.12. The fourth-order valence-electron chi connectivity index (χ4n) is 1.94. The molecule has 0 aromatic carbocycles. The summed E-state index contributed by atoms with van der Waals surface area (Å²) in [4.78, 5) is 0.141. The summed E-state index contributed by atoms with van der Waals surface area (Å²) in [5, 5.41) is 11.3. The smallest absolute Gasteiger partial charge is 0.329 e. The molecule has 2 aromatic heterocycles. The number of fused-ring (bicyclic) bond motifs is 1. The molecule has 106 valence electrons. The summed E-state index contributed by atoms with van der Waals surface area (Å²) in [6.45, 7) is 4.23. The van der Waals surface area contributed by atoms with E-state index in [1.54, 1.807) is 0 Å². The zero-order chi connectivity index (χ0) is 14.3. The number of alkyl halides is 3. The lowest BCUT2D eigenvalue weighted by Crippen LogP contribution is -2.34. The Kier molecular flexibility index (Phi) is 3.52. The van der Waals surface area contributed by atoms with Crippen molar-refractivity contribution in [3.05, 3.63) is 10.8 Å². The summed E-state index contributed by atoms with van der Waals surface area (Å²) in [5.74, 6) is -1.09. The third-order valence-electron chi connectivity index (χ3n) is 3.44. The lowest BCUT2D eigenvalue weighted by molar-refractivity contribution is -0.146. The Balaban J connectivity index is 2.56. The number of nitrogens with zero attached hydrogens (tertiary/aromatic N) is 4. The van der Waals surface area contributed by atoms with Crippen LogP contribution in [-0.2, 0) is 11.6 Å². The van der Waals surface area contributed by atoms with E-state index in [2.05, 4.69) is 15.3 Å². The molecule has 19 heavy (non-hydrogen) atoms. The number of halogens is 3. The van der Waals surface area contributed by atoms with Crippen molar-refractivity contribution < 1.29 is 13.2 Å². The van der Waals surface area contributed by atoms with Gasteiger partial charge in [-0.25, -0.2) is 0 Å². The zero-order valence-corrected chi connectivity index (χ0v) is 11.3. The molecule has 0 unspecified atom stereocenters. The Labute approximate surface area is 111 Å². The predicted molar refractivity (Wildman–Crippen MR) is 65.0 cm³/mol. The van der Waals surface area contributed by atoms with Crippen LogP contribution in [0.4, 0.5) is 13.2 Å². The lowest BCUT2D eigenvalue weighted by Gasteiger charge is -2.26. The minimum atomic E-state index is -4.56. The van der Waals surface area contributed by atoms with Gasteiger partial charge in [-0.15, -0.1) is 10.2 Å². The van der Waals surface area contributed by atoms with E-state index in [0.717, 1.165) is 15.9 Å². The average Bonchev–Trinajstić information content (AvgIpc) is 2.90. The van der Waals surface area contributed by atoms with E-state index in [4.69, 9.17) is 5.73 Å². The molecule has 0 bridgehead atoms. The maximum Gasteiger partial charge on any atom is 0.453 e. The van der Waals surface area contributed by atoms with E-state index < -0.39 is 17.4 Å². The van der Waals surface area contributed by atoms with E-state index in [9.17, 15) is 13.2 Å². The van der Waals surface area contributed by atoms with Gasteiger partial charge in [0.25, 0.3) is 5.82 Å². The van der Waals surface area contributed by atoms with Gasteiger partial charge < -0.3 is 5.73 Å². The van der Waals surface area contributed by atoms with Crippen molar-refractivity contribution in [1.29, 1.82) is 0 Å². The van der Waals surface area contributed by atoms with Gasteiger partial charge in [-0.3, -0.25) is 0 Å². The van der Waals surface area contributed by atoms with Crippen LogP contribution in [-0.4, -0.2) is 26.4 Å². The third kappa shape index (κ3) is 2.20. The molecule has 0 radical (unpaired) electrons. The van der Waals surface area contributed by atoms with Crippen molar-refractivity contribution in [2.75, 3.05) is 6.54 Å². The van der Waals surface area contributed by atoms with Gasteiger partial charge in [0, 0.05) is 12.0 Å². The Morgan fingerprint density at radius 1 is 1.21 bits per heavy atom. The Morgan fingerprint density at radius 3 is 2.32 bits per heavy atom. The Morgan fingerprint density at radius 2 is 1.84 bits per heavy atom. The first-order valence-electron chi connectivity index (χ1n) is 5.88. The maximum absolute atomic E-state index is 12.7. The first kappa shape index (κ1) is 14.2. The van der Waals surface area contributed by atoms with Gasteiger partial charge in [0.05, 0.1) is 0 Å². The van der Waals surface area contributed by atoms with Gasteiger partial charge in [-0.1, -0.05) is 25.2 Å². The van der Waals surface area contributed by atoms with Crippen molar-refractivity contribution >= 4 is 16.3 Å². The zero-order valence-electron chi connectivity index (χ0n) is 10.5. The molecule has 9 heteroatoms. The van der Waals surface area contributed by atoms with Crippen molar-refractivity contribution in [3.63, 3.8) is 0 Å². The van der Waals surface area contributed by atoms with E-state index in [1.807, 2.05) is 13.8 Å².